The maximum absolute atomic E-state index is 11.9. The van der Waals surface area contributed by atoms with Gasteiger partial charge in [-0.3, -0.25) is 0 Å². The maximum atomic E-state index is 11.9. The first-order valence-corrected chi connectivity index (χ1v) is 9.84. The van der Waals surface area contributed by atoms with E-state index in [1.807, 2.05) is 36.4 Å². The SMILES string of the molecule is O=C1OC(=O)c2cc(-c3ccc4ccc(-c5ccc6c(c5)C(=O)OC6=O)cc4c3)ccc21. The molecule has 0 aromatic heterocycles. The van der Waals surface area contributed by atoms with Crippen molar-refractivity contribution in [3.05, 3.63) is 95.1 Å². The summed E-state index contributed by atoms with van der Waals surface area (Å²) in [6.07, 6.45) is 0. The fourth-order valence-corrected chi connectivity index (χ4v) is 4.14. The van der Waals surface area contributed by atoms with Crippen LogP contribution in [0.2, 0.25) is 0 Å². The van der Waals surface area contributed by atoms with Crippen LogP contribution in [0.1, 0.15) is 41.4 Å². The van der Waals surface area contributed by atoms with E-state index >= 15 is 0 Å². The number of hydrogen-bond acceptors (Lipinski definition) is 6. The quantitative estimate of drug-likeness (QED) is 0.342. The van der Waals surface area contributed by atoms with Crippen LogP contribution in [-0.4, -0.2) is 23.9 Å². The molecule has 2 aliphatic heterocycles. The molecular weight excluding hydrogens is 408 g/mol. The lowest BCUT2D eigenvalue weighted by atomic mass is 9.95. The summed E-state index contributed by atoms with van der Waals surface area (Å²) in [6, 6.07) is 21.9. The molecule has 0 fully saturated rings. The van der Waals surface area contributed by atoms with Gasteiger partial charge in [0.2, 0.25) is 0 Å². The molecule has 0 atom stereocenters. The van der Waals surface area contributed by atoms with Gasteiger partial charge in [0, 0.05) is 0 Å². The Bertz CT molecular complexity index is 1430. The monoisotopic (exact) mass is 420 g/mol. The minimum Gasteiger partial charge on any atom is -0.386 e. The second-order valence-corrected chi connectivity index (χ2v) is 7.65. The number of fused-ring (bicyclic) bond motifs is 3. The van der Waals surface area contributed by atoms with E-state index in [-0.39, 0.29) is 22.3 Å². The highest BCUT2D eigenvalue weighted by Gasteiger charge is 2.30. The summed E-state index contributed by atoms with van der Waals surface area (Å²) in [6.45, 7) is 0. The Morgan fingerprint density at radius 2 is 0.750 bits per heavy atom. The standard InChI is InChI=1S/C26H12O6/c27-23-19-7-5-16(11-21(19)25(29)31-23)14-3-1-13-2-4-15(10-18(13)9-14)17-6-8-20-22(12-17)26(30)32-24(20)28/h1-12H. The lowest BCUT2D eigenvalue weighted by Gasteiger charge is -2.08. The van der Waals surface area contributed by atoms with E-state index in [9.17, 15) is 19.2 Å². The van der Waals surface area contributed by atoms with E-state index in [0.29, 0.717) is 0 Å². The Morgan fingerprint density at radius 1 is 0.375 bits per heavy atom. The molecule has 2 aliphatic rings. The number of cyclic esters (lactones) is 4. The average molecular weight is 420 g/mol. The Labute approximate surface area is 181 Å². The molecule has 152 valence electrons. The second-order valence-electron chi connectivity index (χ2n) is 7.65. The fraction of sp³-hybridized carbons (Fsp3) is 0. The third kappa shape index (κ3) is 2.66. The number of rotatable bonds is 2. The highest BCUT2D eigenvalue weighted by molar-refractivity contribution is 6.16. The minimum absolute atomic E-state index is 0.265. The van der Waals surface area contributed by atoms with Crippen molar-refractivity contribution >= 4 is 34.6 Å². The van der Waals surface area contributed by atoms with Crippen molar-refractivity contribution in [2.75, 3.05) is 0 Å². The molecule has 2 heterocycles. The zero-order chi connectivity index (χ0) is 22.0. The number of hydrogen-bond donors (Lipinski definition) is 0. The zero-order valence-corrected chi connectivity index (χ0v) is 16.4. The van der Waals surface area contributed by atoms with Gasteiger partial charge in [-0.2, -0.15) is 0 Å². The van der Waals surface area contributed by atoms with E-state index in [2.05, 4.69) is 9.47 Å². The number of esters is 4. The molecule has 0 saturated carbocycles. The van der Waals surface area contributed by atoms with E-state index in [0.717, 1.165) is 33.0 Å². The van der Waals surface area contributed by atoms with Crippen LogP contribution < -0.4 is 0 Å². The van der Waals surface area contributed by atoms with Crippen molar-refractivity contribution in [3.63, 3.8) is 0 Å². The first-order valence-electron chi connectivity index (χ1n) is 9.84. The molecule has 4 aromatic carbocycles. The van der Waals surface area contributed by atoms with E-state index in [1.165, 1.54) is 0 Å². The molecule has 6 heteroatoms. The van der Waals surface area contributed by atoms with Gasteiger partial charge in [0.25, 0.3) is 0 Å². The van der Waals surface area contributed by atoms with Crippen LogP contribution in [0.4, 0.5) is 0 Å². The van der Waals surface area contributed by atoms with Gasteiger partial charge in [-0.1, -0.05) is 36.4 Å². The van der Waals surface area contributed by atoms with Crippen molar-refractivity contribution in [1.29, 1.82) is 0 Å². The first kappa shape index (κ1) is 18.2. The summed E-state index contributed by atoms with van der Waals surface area (Å²) in [5, 5.41) is 1.97. The molecule has 0 bridgehead atoms. The van der Waals surface area contributed by atoms with E-state index < -0.39 is 23.9 Å². The summed E-state index contributed by atoms with van der Waals surface area (Å²) >= 11 is 0. The highest BCUT2D eigenvalue weighted by atomic mass is 16.6. The highest BCUT2D eigenvalue weighted by Crippen LogP contribution is 2.32. The molecule has 0 aliphatic carbocycles. The Morgan fingerprint density at radius 3 is 1.22 bits per heavy atom. The second kappa shape index (κ2) is 6.46. The number of benzene rings is 4. The third-order valence-corrected chi connectivity index (χ3v) is 5.80. The van der Waals surface area contributed by atoms with Crippen LogP contribution >= 0.6 is 0 Å². The van der Waals surface area contributed by atoms with Gasteiger partial charge >= 0.3 is 23.9 Å². The maximum Gasteiger partial charge on any atom is 0.346 e. The fourth-order valence-electron chi connectivity index (χ4n) is 4.14. The summed E-state index contributed by atoms with van der Waals surface area (Å²) in [5.41, 5.74) is 4.43. The predicted molar refractivity (Wildman–Crippen MR) is 114 cm³/mol. The molecule has 0 unspecified atom stereocenters. The first-order chi connectivity index (χ1) is 15.5. The van der Waals surface area contributed by atoms with Crippen LogP contribution in [0.5, 0.6) is 0 Å². The zero-order valence-electron chi connectivity index (χ0n) is 16.4. The summed E-state index contributed by atoms with van der Waals surface area (Å²) < 4.78 is 9.34. The molecule has 0 radical (unpaired) electrons. The van der Waals surface area contributed by atoms with Gasteiger partial charge in [-0.15, -0.1) is 0 Å². The summed E-state index contributed by atoms with van der Waals surface area (Å²) in [7, 11) is 0. The molecule has 0 N–H and O–H groups in total. The molecule has 6 rings (SSSR count). The van der Waals surface area contributed by atoms with Gasteiger partial charge in [0.1, 0.15) is 0 Å². The number of carbonyl (C=O) groups excluding carboxylic acids is 4. The Kier molecular flexibility index (Phi) is 3.67. The van der Waals surface area contributed by atoms with Gasteiger partial charge in [-0.05, 0) is 69.4 Å². The van der Waals surface area contributed by atoms with Crippen molar-refractivity contribution in [1.82, 2.24) is 0 Å². The smallest absolute Gasteiger partial charge is 0.346 e. The van der Waals surface area contributed by atoms with Crippen LogP contribution in [0.3, 0.4) is 0 Å². The van der Waals surface area contributed by atoms with Gasteiger partial charge in [0.15, 0.2) is 0 Å². The van der Waals surface area contributed by atoms with Gasteiger partial charge in [-0.25, -0.2) is 19.2 Å². The molecule has 0 saturated heterocycles. The molecule has 4 aromatic rings. The van der Waals surface area contributed by atoms with Crippen LogP contribution in [0.15, 0.2) is 72.8 Å². The predicted octanol–water partition coefficient (Wildman–Crippen LogP) is 4.80. The minimum atomic E-state index is -0.636. The average Bonchev–Trinajstić information content (AvgIpc) is 3.26. The van der Waals surface area contributed by atoms with E-state index in [1.54, 1.807) is 36.4 Å². The van der Waals surface area contributed by atoms with Gasteiger partial charge in [0.05, 0.1) is 22.3 Å². The third-order valence-electron chi connectivity index (χ3n) is 5.80. The molecule has 0 amide bonds. The number of ether oxygens (including phenoxy) is 2. The summed E-state index contributed by atoms with van der Waals surface area (Å²) in [4.78, 5) is 47.2. The summed E-state index contributed by atoms with van der Waals surface area (Å²) in [5.74, 6) is -2.52. The molecule has 0 spiro atoms. The Balaban J connectivity index is 1.43. The Hall–Kier alpha value is -4.58. The van der Waals surface area contributed by atoms with Crippen molar-refractivity contribution < 1.29 is 28.7 Å². The topological polar surface area (TPSA) is 86.7 Å². The van der Waals surface area contributed by atoms with Crippen LogP contribution in [0, 0.1) is 0 Å². The lowest BCUT2D eigenvalue weighted by molar-refractivity contribution is 0.0425. The van der Waals surface area contributed by atoms with Crippen LogP contribution in [0.25, 0.3) is 33.0 Å². The van der Waals surface area contributed by atoms with Crippen molar-refractivity contribution in [2.24, 2.45) is 0 Å². The van der Waals surface area contributed by atoms with Crippen molar-refractivity contribution in [2.45, 2.75) is 0 Å². The molecule has 6 nitrogen and oxygen atoms in total. The van der Waals surface area contributed by atoms with Gasteiger partial charge < -0.3 is 9.47 Å². The molecule has 32 heavy (non-hydrogen) atoms. The van der Waals surface area contributed by atoms with Crippen molar-refractivity contribution in [3.8, 4) is 22.3 Å². The normalized spacial score (nSPS) is 14.4. The lowest BCUT2D eigenvalue weighted by Crippen LogP contribution is -1.96. The largest absolute Gasteiger partial charge is 0.386 e. The van der Waals surface area contributed by atoms with E-state index in [4.69, 9.17) is 0 Å². The number of carbonyl (C=O) groups is 4. The molecular formula is C26H12O6. The van der Waals surface area contributed by atoms with Crippen LogP contribution in [-0.2, 0) is 9.47 Å².